The van der Waals surface area contributed by atoms with E-state index in [0.29, 0.717) is 12.2 Å². The number of piperazine rings is 1. The highest BCUT2D eigenvalue weighted by Gasteiger charge is 2.33. The molecule has 1 aromatic heterocycles. The Bertz CT molecular complexity index is 1250. The van der Waals surface area contributed by atoms with Gasteiger partial charge in [0.15, 0.2) is 5.75 Å². The van der Waals surface area contributed by atoms with E-state index < -0.39 is 17.6 Å². The smallest absolute Gasteiger partial charge is 0.418 e. The summed E-state index contributed by atoms with van der Waals surface area (Å²) < 4.78 is 46.6. The maximum atomic E-state index is 13.3. The number of rotatable bonds is 7. The summed E-state index contributed by atoms with van der Waals surface area (Å²) in [5.74, 6) is -0.594. The van der Waals surface area contributed by atoms with E-state index in [1.165, 1.54) is 37.6 Å². The largest absolute Gasteiger partial charge is 0.491 e. The van der Waals surface area contributed by atoms with Gasteiger partial charge in [-0.1, -0.05) is 30.3 Å². The molecule has 1 N–H and O–H groups in total. The number of aromatic nitrogens is 1. The molecule has 1 saturated heterocycles. The molecule has 3 aromatic rings. The van der Waals surface area contributed by atoms with Crippen LogP contribution in [0.5, 0.6) is 5.75 Å². The quantitative estimate of drug-likeness (QED) is 0.534. The molecule has 1 fully saturated rings. The van der Waals surface area contributed by atoms with Crippen molar-refractivity contribution in [3.05, 3.63) is 88.3 Å². The Balaban J connectivity index is 1.48. The Morgan fingerprint density at radius 3 is 2.33 bits per heavy atom. The van der Waals surface area contributed by atoms with E-state index in [2.05, 4.69) is 27.2 Å². The van der Waals surface area contributed by atoms with Crippen LogP contribution >= 0.6 is 0 Å². The fourth-order valence-electron chi connectivity index (χ4n) is 4.25. The molecule has 1 amide bonds. The maximum Gasteiger partial charge on any atom is 0.418 e. The van der Waals surface area contributed by atoms with E-state index in [4.69, 9.17) is 4.74 Å². The van der Waals surface area contributed by atoms with Crippen LogP contribution in [-0.4, -0.2) is 48.7 Å². The Morgan fingerprint density at radius 2 is 1.67 bits per heavy atom. The summed E-state index contributed by atoms with van der Waals surface area (Å²) >= 11 is 0. The summed E-state index contributed by atoms with van der Waals surface area (Å²) in [4.78, 5) is 29.7. The van der Waals surface area contributed by atoms with E-state index in [9.17, 15) is 22.8 Å². The molecule has 0 aliphatic carbocycles. The normalized spacial score (nSPS) is 14.5. The number of hydrogen-bond donors (Lipinski definition) is 1. The average Bonchev–Trinajstić information content (AvgIpc) is 2.86. The van der Waals surface area contributed by atoms with Crippen LogP contribution in [-0.2, 0) is 24.1 Å². The summed E-state index contributed by atoms with van der Waals surface area (Å²) in [6.45, 7) is 3.25. The van der Waals surface area contributed by atoms with Crippen LogP contribution in [0.4, 0.5) is 24.5 Å². The molecule has 36 heavy (non-hydrogen) atoms. The first-order valence-electron chi connectivity index (χ1n) is 11.5. The Morgan fingerprint density at radius 1 is 1.00 bits per heavy atom. The highest BCUT2D eigenvalue weighted by Crippen LogP contribution is 2.34. The zero-order valence-corrected chi connectivity index (χ0v) is 19.8. The second-order valence-corrected chi connectivity index (χ2v) is 8.52. The highest BCUT2D eigenvalue weighted by atomic mass is 19.4. The molecule has 0 bridgehead atoms. The Hall–Kier alpha value is -3.79. The van der Waals surface area contributed by atoms with Crippen LogP contribution in [0.1, 0.15) is 11.3 Å². The molecule has 4 rings (SSSR count). The minimum atomic E-state index is -4.60. The summed E-state index contributed by atoms with van der Waals surface area (Å²) in [7, 11) is 1.35. The number of anilines is 2. The third kappa shape index (κ3) is 6.06. The Labute approximate surface area is 206 Å². The van der Waals surface area contributed by atoms with Gasteiger partial charge in [0.25, 0.3) is 0 Å². The van der Waals surface area contributed by atoms with Gasteiger partial charge in [0.2, 0.25) is 11.3 Å². The molecule has 1 aliphatic heterocycles. The molecular formula is C26H27F3N4O3. The van der Waals surface area contributed by atoms with Gasteiger partial charge in [-0.2, -0.15) is 13.2 Å². The van der Waals surface area contributed by atoms with Gasteiger partial charge >= 0.3 is 6.18 Å². The predicted octanol–water partition coefficient (Wildman–Crippen LogP) is 3.84. The number of carbonyl (C=O) groups excluding carboxylic acids is 1. The van der Waals surface area contributed by atoms with E-state index in [0.717, 1.165) is 37.9 Å². The number of nitrogens with zero attached hydrogens (tertiary/aromatic N) is 3. The zero-order chi connectivity index (χ0) is 25.7. The van der Waals surface area contributed by atoms with Crippen LogP contribution in [0.3, 0.4) is 0 Å². The number of hydrogen-bond acceptors (Lipinski definition) is 5. The van der Waals surface area contributed by atoms with Crippen LogP contribution in [0.2, 0.25) is 0 Å². The van der Waals surface area contributed by atoms with Crippen LogP contribution in [0.15, 0.2) is 71.7 Å². The lowest BCUT2D eigenvalue weighted by molar-refractivity contribution is -0.137. The maximum absolute atomic E-state index is 13.3. The molecule has 2 heterocycles. The first-order valence-corrected chi connectivity index (χ1v) is 11.5. The molecule has 2 aromatic carbocycles. The van der Waals surface area contributed by atoms with Crippen LogP contribution in [0.25, 0.3) is 0 Å². The molecule has 190 valence electrons. The van der Waals surface area contributed by atoms with Gasteiger partial charge in [0.1, 0.15) is 6.54 Å². The lowest BCUT2D eigenvalue weighted by atomic mass is 10.1. The number of halogens is 3. The monoisotopic (exact) mass is 500 g/mol. The van der Waals surface area contributed by atoms with E-state index in [1.54, 1.807) is 4.57 Å². The number of benzene rings is 2. The number of ether oxygens (including phenoxy) is 1. The van der Waals surface area contributed by atoms with Crippen LogP contribution < -0.4 is 20.4 Å². The van der Waals surface area contributed by atoms with E-state index in [1.807, 2.05) is 18.2 Å². The second kappa shape index (κ2) is 10.9. The van der Waals surface area contributed by atoms with Gasteiger partial charge in [-0.25, -0.2) is 0 Å². The van der Waals surface area contributed by atoms with Gasteiger partial charge in [-0.05, 0) is 24.3 Å². The number of methoxy groups -OCH3 is 1. The van der Waals surface area contributed by atoms with Crippen LogP contribution in [0, 0.1) is 0 Å². The van der Waals surface area contributed by atoms with Crippen molar-refractivity contribution in [1.82, 2.24) is 9.47 Å². The molecule has 0 spiro atoms. The molecule has 0 unspecified atom stereocenters. The van der Waals surface area contributed by atoms with Crippen molar-refractivity contribution < 1.29 is 22.7 Å². The minimum absolute atomic E-state index is 0.0520. The first-order chi connectivity index (χ1) is 17.2. The van der Waals surface area contributed by atoms with E-state index in [-0.39, 0.29) is 23.4 Å². The number of pyridine rings is 1. The predicted molar refractivity (Wildman–Crippen MR) is 131 cm³/mol. The first kappa shape index (κ1) is 25.3. The molecule has 7 nitrogen and oxygen atoms in total. The molecular weight excluding hydrogens is 473 g/mol. The van der Waals surface area contributed by atoms with Crippen molar-refractivity contribution in [3.63, 3.8) is 0 Å². The van der Waals surface area contributed by atoms with Crippen molar-refractivity contribution in [2.24, 2.45) is 0 Å². The molecule has 10 heteroatoms. The standard InChI is InChI=1S/C26H27F3N4O3/c1-36-24-17-33(18-25(35)30-22-10-6-5-9-21(22)26(27,28)29)20(15-23(24)34)16-31-11-13-32(14-12-31)19-7-3-2-4-8-19/h2-10,15,17H,11-14,16,18H2,1H3,(H,30,35). The minimum Gasteiger partial charge on any atom is -0.491 e. The molecule has 0 radical (unpaired) electrons. The van der Waals surface area contributed by atoms with Crippen molar-refractivity contribution in [3.8, 4) is 5.75 Å². The van der Waals surface area contributed by atoms with Crippen molar-refractivity contribution in [2.45, 2.75) is 19.3 Å². The third-order valence-electron chi connectivity index (χ3n) is 6.10. The summed E-state index contributed by atoms with van der Waals surface area (Å²) in [5.41, 5.74) is 0.158. The number of amides is 1. The highest BCUT2D eigenvalue weighted by molar-refractivity contribution is 5.91. The van der Waals surface area contributed by atoms with Gasteiger partial charge in [-0.3, -0.25) is 14.5 Å². The van der Waals surface area contributed by atoms with Crippen molar-refractivity contribution in [2.75, 3.05) is 43.5 Å². The Kier molecular flexibility index (Phi) is 7.64. The number of carbonyl (C=O) groups is 1. The summed E-state index contributed by atoms with van der Waals surface area (Å²) in [6, 6.07) is 16.3. The van der Waals surface area contributed by atoms with Crippen molar-refractivity contribution in [1.29, 1.82) is 0 Å². The summed E-state index contributed by atoms with van der Waals surface area (Å²) in [5, 5.41) is 2.35. The second-order valence-electron chi connectivity index (χ2n) is 8.52. The molecule has 1 aliphatic rings. The lowest BCUT2D eigenvalue weighted by Crippen LogP contribution is -2.46. The third-order valence-corrected chi connectivity index (χ3v) is 6.10. The van der Waals surface area contributed by atoms with Gasteiger partial charge in [0, 0.05) is 50.2 Å². The van der Waals surface area contributed by atoms with Gasteiger partial charge < -0.3 is 19.5 Å². The number of para-hydroxylation sites is 2. The molecule has 0 saturated carbocycles. The fourth-order valence-corrected chi connectivity index (χ4v) is 4.25. The van der Waals surface area contributed by atoms with Crippen molar-refractivity contribution >= 4 is 17.3 Å². The zero-order valence-electron chi connectivity index (χ0n) is 19.8. The molecule has 0 atom stereocenters. The lowest BCUT2D eigenvalue weighted by Gasteiger charge is -2.36. The topological polar surface area (TPSA) is 66.8 Å². The average molecular weight is 501 g/mol. The van der Waals surface area contributed by atoms with E-state index >= 15 is 0 Å². The fraction of sp³-hybridized carbons (Fsp3) is 0.308. The van der Waals surface area contributed by atoms with Gasteiger partial charge in [-0.15, -0.1) is 0 Å². The number of nitrogens with one attached hydrogen (secondary N) is 1. The summed E-state index contributed by atoms with van der Waals surface area (Å²) in [6.07, 6.45) is -3.18. The number of alkyl halides is 3. The van der Waals surface area contributed by atoms with Gasteiger partial charge in [0.05, 0.1) is 24.6 Å². The SMILES string of the molecule is COc1cn(CC(=O)Nc2ccccc2C(F)(F)F)c(CN2CCN(c3ccccc3)CC2)cc1=O.